The van der Waals surface area contributed by atoms with Gasteiger partial charge in [-0.1, -0.05) is 12.1 Å². The maximum atomic E-state index is 10.8. The van der Waals surface area contributed by atoms with Gasteiger partial charge in [0.05, 0.1) is 18.2 Å². The molecule has 0 bridgehead atoms. The molecule has 0 amide bonds. The van der Waals surface area contributed by atoms with Crippen LogP contribution in [0.15, 0.2) is 24.3 Å². The van der Waals surface area contributed by atoms with Gasteiger partial charge in [-0.2, -0.15) is 5.26 Å². The number of piperazine rings is 1. The first-order valence-electron chi connectivity index (χ1n) is 6.33. The van der Waals surface area contributed by atoms with E-state index in [0.29, 0.717) is 12.1 Å². The number of nitrogens with zero attached hydrogens (tertiary/aromatic N) is 3. The summed E-state index contributed by atoms with van der Waals surface area (Å²) in [6.07, 6.45) is 0. The minimum Gasteiger partial charge on any atom is -0.478 e. The van der Waals surface area contributed by atoms with E-state index in [1.54, 1.807) is 12.1 Å². The Bertz CT molecular complexity index is 470. The number of rotatable bonds is 4. The summed E-state index contributed by atoms with van der Waals surface area (Å²) in [6.45, 7) is 5.06. The Morgan fingerprint density at radius 3 is 2.26 bits per heavy atom. The topological polar surface area (TPSA) is 67.6 Å². The second-order valence-electron chi connectivity index (χ2n) is 4.71. The average molecular weight is 259 g/mol. The van der Waals surface area contributed by atoms with Crippen LogP contribution in [0.25, 0.3) is 0 Å². The molecule has 19 heavy (non-hydrogen) atoms. The number of hydrogen-bond donors (Lipinski definition) is 1. The van der Waals surface area contributed by atoms with Crippen molar-refractivity contribution in [3.05, 3.63) is 35.4 Å². The molecule has 2 rings (SSSR count). The van der Waals surface area contributed by atoms with Crippen LogP contribution in [0.4, 0.5) is 0 Å². The standard InChI is InChI=1S/C14H17N3O2/c15-5-6-16-7-9-17(10-8-16)11-12-1-3-13(4-2-12)14(18)19/h1-4H,6-11H2,(H,18,19). The van der Waals surface area contributed by atoms with Crippen molar-refractivity contribution >= 4 is 5.97 Å². The third-order valence-corrected chi connectivity index (χ3v) is 3.37. The Kier molecular flexibility index (Phi) is 4.50. The van der Waals surface area contributed by atoms with Crippen LogP contribution >= 0.6 is 0 Å². The summed E-state index contributed by atoms with van der Waals surface area (Å²) in [5, 5.41) is 17.5. The summed E-state index contributed by atoms with van der Waals surface area (Å²) >= 11 is 0. The van der Waals surface area contributed by atoms with Gasteiger partial charge in [-0.05, 0) is 17.7 Å². The van der Waals surface area contributed by atoms with Crippen molar-refractivity contribution < 1.29 is 9.90 Å². The highest BCUT2D eigenvalue weighted by Gasteiger charge is 2.16. The van der Waals surface area contributed by atoms with Gasteiger partial charge in [0, 0.05) is 32.7 Å². The lowest BCUT2D eigenvalue weighted by Gasteiger charge is -2.33. The molecule has 1 N–H and O–H groups in total. The first kappa shape index (κ1) is 13.5. The molecule has 0 atom stereocenters. The van der Waals surface area contributed by atoms with Crippen molar-refractivity contribution in [1.29, 1.82) is 5.26 Å². The van der Waals surface area contributed by atoms with Crippen molar-refractivity contribution in [1.82, 2.24) is 9.80 Å². The zero-order chi connectivity index (χ0) is 13.7. The van der Waals surface area contributed by atoms with Crippen molar-refractivity contribution in [2.24, 2.45) is 0 Å². The van der Waals surface area contributed by atoms with Crippen LogP contribution in [0.2, 0.25) is 0 Å². The number of hydrogen-bond acceptors (Lipinski definition) is 4. The summed E-state index contributed by atoms with van der Waals surface area (Å²) in [5.41, 5.74) is 1.45. The van der Waals surface area contributed by atoms with E-state index in [-0.39, 0.29) is 0 Å². The second-order valence-corrected chi connectivity index (χ2v) is 4.71. The van der Waals surface area contributed by atoms with Gasteiger partial charge in [-0.3, -0.25) is 9.80 Å². The molecule has 1 aliphatic rings. The molecule has 1 fully saturated rings. The molecule has 100 valence electrons. The fourth-order valence-electron chi connectivity index (χ4n) is 2.22. The predicted octanol–water partition coefficient (Wildman–Crippen LogP) is 1.03. The Balaban J connectivity index is 1.85. The molecule has 1 aromatic carbocycles. The monoisotopic (exact) mass is 259 g/mol. The van der Waals surface area contributed by atoms with Gasteiger partial charge in [0.15, 0.2) is 0 Å². The van der Waals surface area contributed by atoms with Gasteiger partial charge in [-0.15, -0.1) is 0 Å². The molecule has 0 unspecified atom stereocenters. The smallest absolute Gasteiger partial charge is 0.335 e. The van der Waals surface area contributed by atoms with Crippen LogP contribution in [0.5, 0.6) is 0 Å². The normalized spacial score (nSPS) is 17.0. The molecule has 0 radical (unpaired) electrons. The number of carboxylic acids is 1. The van der Waals surface area contributed by atoms with Gasteiger partial charge in [0.2, 0.25) is 0 Å². The lowest BCUT2D eigenvalue weighted by Crippen LogP contribution is -2.45. The first-order valence-corrected chi connectivity index (χ1v) is 6.33. The van der Waals surface area contributed by atoms with E-state index >= 15 is 0 Å². The number of benzene rings is 1. The zero-order valence-corrected chi connectivity index (χ0v) is 10.7. The summed E-state index contributed by atoms with van der Waals surface area (Å²) in [4.78, 5) is 15.2. The highest BCUT2D eigenvalue weighted by atomic mass is 16.4. The van der Waals surface area contributed by atoms with E-state index in [1.807, 2.05) is 12.1 Å². The number of carbonyl (C=O) groups is 1. The molecule has 0 spiro atoms. The summed E-state index contributed by atoms with van der Waals surface area (Å²) in [6, 6.07) is 9.19. The SMILES string of the molecule is N#CCN1CCN(Cc2ccc(C(=O)O)cc2)CC1. The van der Waals surface area contributed by atoms with E-state index in [9.17, 15) is 4.79 Å². The van der Waals surface area contributed by atoms with Gasteiger partial charge in [0.25, 0.3) is 0 Å². The lowest BCUT2D eigenvalue weighted by molar-refractivity contribution is 0.0697. The van der Waals surface area contributed by atoms with Crippen LogP contribution in [0.1, 0.15) is 15.9 Å². The van der Waals surface area contributed by atoms with Gasteiger partial charge < -0.3 is 5.11 Å². The van der Waals surface area contributed by atoms with Crippen LogP contribution < -0.4 is 0 Å². The fraction of sp³-hybridized carbons (Fsp3) is 0.429. The summed E-state index contributed by atoms with van der Waals surface area (Å²) in [7, 11) is 0. The molecule has 1 saturated heterocycles. The molecule has 0 aromatic heterocycles. The van der Waals surface area contributed by atoms with Crippen molar-refractivity contribution in [2.45, 2.75) is 6.54 Å². The third kappa shape index (κ3) is 3.78. The Morgan fingerprint density at radius 1 is 1.16 bits per heavy atom. The number of nitriles is 1. The first-order chi connectivity index (χ1) is 9.19. The summed E-state index contributed by atoms with van der Waals surface area (Å²) in [5.74, 6) is -0.892. The van der Waals surface area contributed by atoms with Crippen molar-refractivity contribution in [3.8, 4) is 6.07 Å². The quantitative estimate of drug-likeness (QED) is 0.818. The average Bonchev–Trinajstić information content (AvgIpc) is 2.42. The Morgan fingerprint density at radius 2 is 1.74 bits per heavy atom. The summed E-state index contributed by atoms with van der Waals surface area (Å²) < 4.78 is 0. The van der Waals surface area contributed by atoms with E-state index in [2.05, 4.69) is 15.9 Å². The van der Waals surface area contributed by atoms with Crippen LogP contribution in [0.3, 0.4) is 0 Å². The highest BCUT2D eigenvalue weighted by molar-refractivity contribution is 5.87. The number of aromatic carboxylic acids is 1. The maximum Gasteiger partial charge on any atom is 0.335 e. The fourth-order valence-corrected chi connectivity index (χ4v) is 2.22. The van der Waals surface area contributed by atoms with Gasteiger partial charge in [0.1, 0.15) is 0 Å². The molecule has 1 heterocycles. The minimum atomic E-state index is -0.892. The maximum absolute atomic E-state index is 10.8. The van der Waals surface area contributed by atoms with Crippen LogP contribution in [-0.2, 0) is 6.54 Å². The van der Waals surface area contributed by atoms with Crippen molar-refractivity contribution in [2.75, 3.05) is 32.7 Å². The number of carboxylic acid groups (broad SMARTS) is 1. The molecule has 0 aliphatic carbocycles. The lowest BCUT2D eigenvalue weighted by atomic mass is 10.1. The van der Waals surface area contributed by atoms with Crippen LogP contribution in [0, 0.1) is 11.3 Å². The zero-order valence-electron chi connectivity index (χ0n) is 10.7. The van der Waals surface area contributed by atoms with Gasteiger partial charge in [-0.25, -0.2) is 4.79 Å². The minimum absolute atomic E-state index is 0.322. The van der Waals surface area contributed by atoms with E-state index < -0.39 is 5.97 Å². The molecule has 5 heteroatoms. The molecule has 0 saturated carbocycles. The van der Waals surface area contributed by atoms with E-state index in [0.717, 1.165) is 38.3 Å². The van der Waals surface area contributed by atoms with Crippen molar-refractivity contribution in [3.63, 3.8) is 0 Å². The molecule has 1 aromatic rings. The Labute approximate surface area is 112 Å². The van der Waals surface area contributed by atoms with Gasteiger partial charge >= 0.3 is 5.97 Å². The predicted molar refractivity (Wildman–Crippen MR) is 70.7 cm³/mol. The molecule has 1 aliphatic heterocycles. The second kappa shape index (κ2) is 6.32. The van der Waals surface area contributed by atoms with E-state index in [1.165, 1.54) is 0 Å². The Hall–Kier alpha value is -1.90. The van der Waals surface area contributed by atoms with E-state index in [4.69, 9.17) is 10.4 Å². The molecule has 5 nitrogen and oxygen atoms in total. The highest BCUT2D eigenvalue weighted by Crippen LogP contribution is 2.10. The van der Waals surface area contributed by atoms with Crippen LogP contribution in [-0.4, -0.2) is 53.6 Å². The molecular weight excluding hydrogens is 242 g/mol. The molecular formula is C14H17N3O2. The largest absolute Gasteiger partial charge is 0.478 e. The third-order valence-electron chi connectivity index (χ3n) is 3.37.